The van der Waals surface area contributed by atoms with Crippen molar-refractivity contribution >= 4 is 21.6 Å². The third-order valence-corrected chi connectivity index (χ3v) is 4.10. The highest BCUT2D eigenvalue weighted by Crippen LogP contribution is 2.39. The van der Waals surface area contributed by atoms with Crippen molar-refractivity contribution < 1.29 is 17.9 Å². The molecule has 1 aromatic carbocycles. The van der Waals surface area contributed by atoms with Crippen LogP contribution in [0, 0.1) is 5.92 Å². The molecule has 0 aliphatic heterocycles. The fraction of sp³-hybridized carbons (Fsp3) is 0.571. The van der Waals surface area contributed by atoms with Crippen LogP contribution in [-0.4, -0.2) is 19.3 Å². The Morgan fingerprint density at radius 1 is 1.20 bits per heavy atom. The molecule has 0 aromatic heterocycles. The molecule has 2 atom stereocenters. The average Bonchev–Trinajstić information content (AvgIpc) is 2.37. The van der Waals surface area contributed by atoms with Gasteiger partial charge in [-0.05, 0) is 25.0 Å². The van der Waals surface area contributed by atoms with Crippen LogP contribution in [0.1, 0.15) is 25.7 Å². The van der Waals surface area contributed by atoms with Crippen LogP contribution in [0.15, 0.2) is 22.7 Å². The molecule has 20 heavy (non-hydrogen) atoms. The van der Waals surface area contributed by atoms with E-state index in [9.17, 15) is 13.2 Å². The molecular formula is C14H17BrF3NO. The van der Waals surface area contributed by atoms with E-state index in [0.29, 0.717) is 24.3 Å². The lowest BCUT2D eigenvalue weighted by Crippen LogP contribution is -2.41. The number of halogens is 4. The summed E-state index contributed by atoms with van der Waals surface area (Å²) in [5.41, 5.74) is 0.650. The first kappa shape index (κ1) is 15.5. The van der Waals surface area contributed by atoms with Crippen molar-refractivity contribution in [2.24, 2.45) is 5.92 Å². The second-order valence-corrected chi connectivity index (χ2v) is 5.98. The maximum Gasteiger partial charge on any atom is 0.393 e. The van der Waals surface area contributed by atoms with Crippen molar-refractivity contribution in [1.82, 2.24) is 0 Å². The molecule has 1 aliphatic rings. The number of ether oxygens (including phenoxy) is 1. The van der Waals surface area contributed by atoms with Crippen LogP contribution in [-0.2, 0) is 0 Å². The number of anilines is 1. The van der Waals surface area contributed by atoms with Gasteiger partial charge >= 0.3 is 6.18 Å². The molecule has 112 valence electrons. The molecule has 0 amide bonds. The van der Waals surface area contributed by atoms with Crippen molar-refractivity contribution in [3.63, 3.8) is 0 Å². The normalized spacial score (nSPS) is 23.4. The first-order valence-electron chi connectivity index (χ1n) is 6.58. The minimum atomic E-state index is -4.14. The minimum absolute atomic E-state index is 0.201. The molecule has 2 unspecified atom stereocenters. The average molecular weight is 352 g/mol. The maximum atomic E-state index is 13.0. The Morgan fingerprint density at radius 2 is 1.90 bits per heavy atom. The van der Waals surface area contributed by atoms with E-state index < -0.39 is 18.1 Å². The number of hydrogen-bond donors (Lipinski definition) is 1. The topological polar surface area (TPSA) is 21.3 Å². The summed E-state index contributed by atoms with van der Waals surface area (Å²) >= 11 is 3.33. The van der Waals surface area contributed by atoms with Crippen LogP contribution < -0.4 is 10.1 Å². The van der Waals surface area contributed by atoms with Gasteiger partial charge in [0, 0.05) is 22.3 Å². The maximum absolute atomic E-state index is 13.0. The lowest BCUT2D eigenvalue weighted by molar-refractivity contribution is -0.184. The number of methoxy groups -OCH3 is 1. The molecule has 0 spiro atoms. The van der Waals surface area contributed by atoms with Gasteiger partial charge in [-0.2, -0.15) is 13.2 Å². The second kappa shape index (κ2) is 6.24. The molecule has 1 fully saturated rings. The predicted molar refractivity (Wildman–Crippen MR) is 76.1 cm³/mol. The standard InChI is InChI=1S/C14H17BrF3NO/c1-20-11-7-9(15)6-10(8-11)19-13-5-3-2-4-12(13)14(16,17)18/h6-8,12-13,19H,2-5H2,1H3. The molecule has 0 heterocycles. The highest BCUT2D eigenvalue weighted by molar-refractivity contribution is 9.10. The van der Waals surface area contributed by atoms with Crippen molar-refractivity contribution in [2.45, 2.75) is 37.9 Å². The molecule has 2 rings (SSSR count). The van der Waals surface area contributed by atoms with Gasteiger partial charge in [0.15, 0.2) is 0 Å². The van der Waals surface area contributed by atoms with Crippen molar-refractivity contribution in [3.05, 3.63) is 22.7 Å². The zero-order valence-corrected chi connectivity index (χ0v) is 12.7. The summed E-state index contributed by atoms with van der Waals surface area (Å²) in [6.07, 6.45) is -1.93. The lowest BCUT2D eigenvalue weighted by Gasteiger charge is -2.34. The Morgan fingerprint density at radius 3 is 2.55 bits per heavy atom. The summed E-state index contributed by atoms with van der Waals surface area (Å²) in [4.78, 5) is 0. The van der Waals surface area contributed by atoms with E-state index in [1.807, 2.05) is 0 Å². The van der Waals surface area contributed by atoms with Crippen LogP contribution in [0.4, 0.5) is 18.9 Å². The van der Waals surface area contributed by atoms with Crippen molar-refractivity contribution in [2.75, 3.05) is 12.4 Å². The smallest absolute Gasteiger partial charge is 0.393 e. The van der Waals surface area contributed by atoms with E-state index in [1.165, 1.54) is 7.11 Å². The van der Waals surface area contributed by atoms with Gasteiger partial charge in [0.25, 0.3) is 0 Å². The molecule has 0 saturated heterocycles. The van der Waals surface area contributed by atoms with Gasteiger partial charge in [0.1, 0.15) is 5.75 Å². The van der Waals surface area contributed by atoms with Crippen molar-refractivity contribution in [3.8, 4) is 5.75 Å². The number of rotatable bonds is 3. The Kier molecular flexibility index (Phi) is 4.83. The van der Waals surface area contributed by atoms with Crippen LogP contribution in [0.2, 0.25) is 0 Å². The van der Waals surface area contributed by atoms with Gasteiger partial charge in [-0.3, -0.25) is 0 Å². The highest BCUT2D eigenvalue weighted by Gasteiger charge is 2.45. The monoisotopic (exact) mass is 351 g/mol. The molecule has 6 heteroatoms. The highest BCUT2D eigenvalue weighted by atomic mass is 79.9. The predicted octanol–water partition coefficient (Wildman–Crippen LogP) is 4.99. The SMILES string of the molecule is COc1cc(Br)cc(NC2CCCCC2C(F)(F)F)c1. The summed E-state index contributed by atoms with van der Waals surface area (Å²) in [6, 6.07) is 4.69. The molecule has 0 radical (unpaired) electrons. The molecule has 1 saturated carbocycles. The first-order valence-corrected chi connectivity index (χ1v) is 7.37. The molecular weight excluding hydrogens is 335 g/mol. The van der Waals surface area contributed by atoms with E-state index in [0.717, 1.165) is 10.9 Å². The number of benzene rings is 1. The summed E-state index contributed by atoms with van der Waals surface area (Å²) in [5.74, 6) is -0.664. The van der Waals surface area contributed by atoms with Gasteiger partial charge in [0.05, 0.1) is 13.0 Å². The van der Waals surface area contributed by atoms with Gasteiger partial charge in [-0.25, -0.2) is 0 Å². The summed E-state index contributed by atoms with van der Waals surface area (Å²) < 4.78 is 45.0. The second-order valence-electron chi connectivity index (χ2n) is 5.06. The molecule has 1 aromatic rings. The Hall–Kier alpha value is -0.910. The van der Waals surface area contributed by atoms with Crippen LogP contribution >= 0.6 is 15.9 Å². The van der Waals surface area contributed by atoms with Crippen LogP contribution in [0.5, 0.6) is 5.75 Å². The molecule has 2 nitrogen and oxygen atoms in total. The van der Waals surface area contributed by atoms with E-state index in [2.05, 4.69) is 21.2 Å². The summed E-state index contributed by atoms with van der Waals surface area (Å²) in [5, 5.41) is 3.02. The Bertz CT molecular complexity index is 464. The summed E-state index contributed by atoms with van der Waals surface area (Å²) in [6.45, 7) is 0. The fourth-order valence-corrected chi connectivity index (χ4v) is 3.15. The molecule has 1 N–H and O–H groups in total. The van der Waals surface area contributed by atoms with Gasteiger partial charge in [-0.15, -0.1) is 0 Å². The van der Waals surface area contributed by atoms with Gasteiger partial charge in [-0.1, -0.05) is 28.8 Å². The van der Waals surface area contributed by atoms with Gasteiger partial charge < -0.3 is 10.1 Å². The quantitative estimate of drug-likeness (QED) is 0.828. The first-order chi connectivity index (χ1) is 9.40. The fourth-order valence-electron chi connectivity index (χ4n) is 2.67. The number of nitrogens with one attached hydrogen (secondary N) is 1. The Balaban J connectivity index is 2.16. The molecule has 0 bridgehead atoms. The third-order valence-electron chi connectivity index (χ3n) is 3.65. The number of alkyl halides is 3. The van der Waals surface area contributed by atoms with E-state index >= 15 is 0 Å². The minimum Gasteiger partial charge on any atom is -0.497 e. The van der Waals surface area contributed by atoms with Crippen LogP contribution in [0.3, 0.4) is 0 Å². The van der Waals surface area contributed by atoms with E-state index in [4.69, 9.17) is 4.74 Å². The van der Waals surface area contributed by atoms with E-state index in [-0.39, 0.29) is 6.42 Å². The third kappa shape index (κ3) is 3.81. The molecule has 1 aliphatic carbocycles. The lowest BCUT2D eigenvalue weighted by atomic mass is 9.84. The number of hydrogen-bond acceptors (Lipinski definition) is 2. The summed E-state index contributed by atoms with van der Waals surface area (Å²) in [7, 11) is 1.53. The zero-order chi connectivity index (χ0) is 14.8. The van der Waals surface area contributed by atoms with Crippen molar-refractivity contribution in [1.29, 1.82) is 0 Å². The largest absolute Gasteiger partial charge is 0.497 e. The Labute approximate surface area is 124 Å². The van der Waals surface area contributed by atoms with Gasteiger partial charge in [0.2, 0.25) is 0 Å². The zero-order valence-electron chi connectivity index (χ0n) is 11.1. The van der Waals surface area contributed by atoms with E-state index in [1.54, 1.807) is 18.2 Å². The van der Waals surface area contributed by atoms with Crippen LogP contribution in [0.25, 0.3) is 0 Å².